The van der Waals surface area contributed by atoms with E-state index in [1.54, 1.807) is 6.07 Å². The molecule has 0 atom stereocenters. The monoisotopic (exact) mass is 282 g/mol. The Balaban J connectivity index is 1.89. The smallest absolute Gasteiger partial charge is 0.271 e. The number of halogens is 1. The zero-order valence-electron chi connectivity index (χ0n) is 10.4. The number of non-ortho nitro benzene ring substituents is 1. The van der Waals surface area contributed by atoms with Gasteiger partial charge < -0.3 is 10.1 Å². The molecule has 1 aliphatic heterocycles. The molecule has 0 bridgehead atoms. The minimum Gasteiger partial charge on any atom is -0.384 e. The first-order valence-corrected chi connectivity index (χ1v) is 6.48. The van der Waals surface area contributed by atoms with Crippen LogP contribution in [0.2, 0.25) is 5.02 Å². The molecule has 1 heterocycles. The molecule has 0 amide bonds. The number of nitro benzene ring substituents is 1. The summed E-state index contributed by atoms with van der Waals surface area (Å²) in [6.45, 7) is 2.22. The summed E-state index contributed by atoms with van der Waals surface area (Å²) in [4.78, 5) is 10.1. The van der Waals surface area contributed by atoms with Crippen molar-refractivity contribution in [2.75, 3.05) is 25.1 Å². The van der Waals surface area contributed by atoms with E-state index in [9.17, 15) is 10.1 Å². The number of hydrogen-bond acceptors (Lipinski definition) is 4. The second-order valence-corrected chi connectivity index (χ2v) is 4.69. The van der Waals surface area contributed by atoms with Crippen LogP contribution < -0.4 is 5.32 Å². The Morgan fingerprint density at radius 3 is 2.95 bits per heavy atom. The van der Waals surface area contributed by atoms with Crippen molar-refractivity contribution in [2.45, 2.75) is 12.8 Å². The molecule has 0 saturated heterocycles. The Hall–Kier alpha value is -1.59. The van der Waals surface area contributed by atoms with E-state index in [-0.39, 0.29) is 5.69 Å². The molecule has 1 N–H and O–H groups in total. The van der Waals surface area contributed by atoms with Crippen LogP contribution in [0.4, 0.5) is 11.4 Å². The average molecular weight is 283 g/mol. The molecule has 19 heavy (non-hydrogen) atoms. The third-order valence-electron chi connectivity index (χ3n) is 2.98. The number of anilines is 1. The molecule has 0 aromatic heterocycles. The lowest BCUT2D eigenvalue weighted by molar-refractivity contribution is -0.384. The van der Waals surface area contributed by atoms with Crippen molar-refractivity contribution in [1.82, 2.24) is 0 Å². The molecular weight excluding hydrogens is 268 g/mol. The summed E-state index contributed by atoms with van der Waals surface area (Å²) >= 11 is 5.99. The van der Waals surface area contributed by atoms with Crippen LogP contribution in [0.5, 0.6) is 0 Å². The van der Waals surface area contributed by atoms with Gasteiger partial charge in [-0.3, -0.25) is 10.1 Å². The van der Waals surface area contributed by atoms with E-state index < -0.39 is 4.92 Å². The van der Waals surface area contributed by atoms with Gasteiger partial charge in [0.05, 0.1) is 28.8 Å². The molecule has 0 aliphatic carbocycles. The van der Waals surface area contributed by atoms with E-state index in [1.165, 1.54) is 17.7 Å². The van der Waals surface area contributed by atoms with Crippen molar-refractivity contribution in [1.29, 1.82) is 0 Å². The third kappa shape index (κ3) is 3.94. The lowest BCUT2D eigenvalue weighted by Gasteiger charge is -2.14. The highest BCUT2D eigenvalue weighted by Crippen LogP contribution is 2.26. The van der Waals surface area contributed by atoms with E-state index in [0.29, 0.717) is 11.6 Å². The number of nitrogens with zero attached hydrogens (tertiary/aromatic N) is 1. The fourth-order valence-electron chi connectivity index (χ4n) is 1.91. The number of nitrogens with one attached hydrogen (secondary N) is 1. The molecule has 0 fully saturated rings. The Labute approximate surface area is 116 Å². The second-order valence-electron chi connectivity index (χ2n) is 4.29. The SMILES string of the molecule is O=[N+]([O-])c1ccc(NCCC2=CCOCC2)c(Cl)c1. The maximum atomic E-state index is 10.6. The predicted molar refractivity (Wildman–Crippen MR) is 74.7 cm³/mol. The predicted octanol–water partition coefficient (Wildman–Crippen LogP) is 3.40. The van der Waals surface area contributed by atoms with Gasteiger partial charge in [-0.05, 0) is 18.9 Å². The van der Waals surface area contributed by atoms with Gasteiger partial charge in [0.1, 0.15) is 0 Å². The molecular formula is C13H15ClN2O3. The largest absolute Gasteiger partial charge is 0.384 e. The van der Waals surface area contributed by atoms with E-state index in [2.05, 4.69) is 11.4 Å². The zero-order valence-corrected chi connectivity index (χ0v) is 11.2. The van der Waals surface area contributed by atoms with Gasteiger partial charge in [-0.15, -0.1) is 0 Å². The number of rotatable bonds is 5. The minimum absolute atomic E-state index is 0.00249. The maximum Gasteiger partial charge on any atom is 0.271 e. The van der Waals surface area contributed by atoms with E-state index in [1.807, 2.05) is 0 Å². The Bertz CT molecular complexity index is 503. The molecule has 2 rings (SSSR count). The molecule has 102 valence electrons. The van der Waals surface area contributed by atoms with Crippen molar-refractivity contribution in [3.63, 3.8) is 0 Å². The lowest BCUT2D eigenvalue weighted by atomic mass is 10.1. The number of nitro groups is 1. The number of benzene rings is 1. The standard InChI is InChI=1S/C13H15ClN2O3/c14-12-9-11(16(17)18)1-2-13(12)15-6-3-10-4-7-19-8-5-10/h1-2,4,9,15H,3,5-8H2. The van der Waals surface area contributed by atoms with Crippen LogP contribution in [0.1, 0.15) is 12.8 Å². The van der Waals surface area contributed by atoms with Gasteiger partial charge in [-0.1, -0.05) is 23.3 Å². The van der Waals surface area contributed by atoms with E-state index >= 15 is 0 Å². The fraction of sp³-hybridized carbons (Fsp3) is 0.385. The highest BCUT2D eigenvalue weighted by atomic mass is 35.5. The maximum absolute atomic E-state index is 10.6. The zero-order chi connectivity index (χ0) is 13.7. The summed E-state index contributed by atoms with van der Waals surface area (Å²) in [6, 6.07) is 4.44. The normalized spacial score (nSPS) is 14.9. The average Bonchev–Trinajstić information content (AvgIpc) is 2.41. The van der Waals surface area contributed by atoms with Crippen LogP contribution in [-0.4, -0.2) is 24.7 Å². The molecule has 1 aromatic carbocycles. The van der Waals surface area contributed by atoms with Crippen molar-refractivity contribution in [2.24, 2.45) is 0 Å². The van der Waals surface area contributed by atoms with Crippen LogP contribution in [-0.2, 0) is 4.74 Å². The van der Waals surface area contributed by atoms with Gasteiger partial charge in [0.15, 0.2) is 0 Å². The van der Waals surface area contributed by atoms with Gasteiger partial charge in [0.2, 0.25) is 0 Å². The van der Waals surface area contributed by atoms with E-state index in [4.69, 9.17) is 16.3 Å². The number of ether oxygens (including phenoxy) is 1. The molecule has 0 radical (unpaired) electrons. The molecule has 6 heteroatoms. The third-order valence-corrected chi connectivity index (χ3v) is 3.30. The quantitative estimate of drug-likeness (QED) is 0.511. The topological polar surface area (TPSA) is 64.4 Å². The summed E-state index contributed by atoms with van der Waals surface area (Å²) in [5, 5.41) is 14.2. The van der Waals surface area contributed by atoms with Gasteiger partial charge in [0.25, 0.3) is 5.69 Å². The Morgan fingerprint density at radius 1 is 1.47 bits per heavy atom. The second kappa shape index (κ2) is 6.54. The van der Waals surface area contributed by atoms with Crippen LogP contribution in [0.3, 0.4) is 0 Å². The first-order chi connectivity index (χ1) is 9.16. The van der Waals surface area contributed by atoms with Gasteiger partial charge in [-0.2, -0.15) is 0 Å². The summed E-state index contributed by atoms with van der Waals surface area (Å²) in [7, 11) is 0. The van der Waals surface area contributed by atoms with Gasteiger partial charge >= 0.3 is 0 Å². The lowest BCUT2D eigenvalue weighted by Crippen LogP contribution is -2.09. The molecule has 0 spiro atoms. The molecule has 5 nitrogen and oxygen atoms in total. The number of hydrogen-bond donors (Lipinski definition) is 1. The van der Waals surface area contributed by atoms with Crippen LogP contribution >= 0.6 is 11.6 Å². The molecule has 0 saturated carbocycles. The van der Waals surface area contributed by atoms with Crippen LogP contribution in [0.15, 0.2) is 29.8 Å². The Kier molecular flexibility index (Phi) is 4.76. The first-order valence-electron chi connectivity index (χ1n) is 6.10. The summed E-state index contributed by atoms with van der Waals surface area (Å²) < 4.78 is 5.24. The minimum atomic E-state index is -0.456. The first kappa shape index (κ1) is 13.8. The molecule has 0 unspecified atom stereocenters. The summed E-state index contributed by atoms with van der Waals surface area (Å²) in [5.41, 5.74) is 2.10. The van der Waals surface area contributed by atoms with Crippen molar-refractivity contribution in [3.8, 4) is 0 Å². The summed E-state index contributed by atoms with van der Waals surface area (Å²) in [6.07, 6.45) is 4.00. The van der Waals surface area contributed by atoms with Crippen LogP contribution in [0.25, 0.3) is 0 Å². The van der Waals surface area contributed by atoms with Gasteiger partial charge in [-0.25, -0.2) is 0 Å². The van der Waals surface area contributed by atoms with Crippen LogP contribution in [0, 0.1) is 10.1 Å². The summed E-state index contributed by atoms with van der Waals surface area (Å²) in [5.74, 6) is 0. The van der Waals surface area contributed by atoms with Crippen molar-refractivity contribution < 1.29 is 9.66 Å². The van der Waals surface area contributed by atoms with Crippen molar-refractivity contribution in [3.05, 3.63) is 45.0 Å². The van der Waals surface area contributed by atoms with E-state index in [0.717, 1.165) is 31.7 Å². The van der Waals surface area contributed by atoms with Crippen molar-refractivity contribution >= 4 is 23.0 Å². The van der Waals surface area contributed by atoms with Gasteiger partial charge in [0, 0.05) is 18.7 Å². The molecule has 1 aliphatic rings. The Morgan fingerprint density at radius 2 is 2.32 bits per heavy atom. The fourth-order valence-corrected chi connectivity index (χ4v) is 2.15. The highest BCUT2D eigenvalue weighted by molar-refractivity contribution is 6.33. The molecule has 1 aromatic rings. The highest BCUT2D eigenvalue weighted by Gasteiger charge is 2.09.